The number of thiophene rings is 1. The molecule has 4 nitrogen and oxygen atoms in total. The van der Waals surface area contributed by atoms with E-state index in [9.17, 15) is 14.7 Å². The highest BCUT2D eigenvalue weighted by molar-refractivity contribution is 7.19. The van der Waals surface area contributed by atoms with Crippen LogP contribution in [-0.4, -0.2) is 23.7 Å². The highest BCUT2D eigenvalue weighted by atomic mass is 32.1. The Kier molecular flexibility index (Phi) is 4.96. The van der Waals surface area contributed by atoms with Crippen molar-refractivity contribution in [2.45, 2.75) is 0 Å². The van der Waals surface area contributed by atoms with Crippen LogP contribution in [0.2, 0.25) is 0 Å². The molecule has 1 aromatic heterocycles. The minimum atomic E-state index is -0.316. The zero-order valence-corrected chi connectivity index (χ0v) is 18.1. The molecule has 0 radical (unpaired) electrons. The van der Waals surface area contributed by atoms with Crippen molar-refractivity contribution in [1.29, 1.82) is 0 Å². The van der Waals surface area contributed by atoms with Gasteiger partial charge in [-0.2, -0.15) is 0 Å². The predicted octanol–water partition coefficient (Wildman–Crippen LogP) is 6.26. The lowest BCUT2D eigenvalue weighted by atomic mass is 9.91. The van der Waals surface area contributed by atoms with Gasteiger partial charge in [0.2, 0.25) is 11.6 Å². The Morgan fingerprint density at radius 3 is 1.91 bits per heavy atom. The Labute approximate surface area is 188 Å². The van der Waals surface area contributed by atoms with Gasteiger partial charge < -0.3 is 10.4 Å². The van der Waals surface area contributed by atoms with Crippen molar-refractivity contribution in [1.82, 2.24) is 0 Å². The third-order valence-electron chi connectivity index (χ3n) is 5.58. The van der Waals surface area contributed by atoms with E-state index in [2.05, 4.69) is 11.4 Å². The fourth-order valence-electron chi connectivity index (χ4n) is 4.07. The number of rotatable bonds is 5. The smallest absolute Gasteiger partial charge is 0.206 e. The normalized spacial score (nSPS) is 11.0. The maximum atomic E-state index is 13.9. The Morgan fingerprint density at radius 2 is 1.31 bits per heavy atom. The van der Waals surface area contributed by atoms with Gasteiger partial charge in [0.15, 0.2) is 5.75 Å². The van der Waals surface area contributed by atoms with Gasteiger partial charge >= 0.3 is 0 Å². The lowest BCUT2D eigenvalue weighted by Crippen LogP contribution is -2.06. The van der Waals surface area contributed by atoms with Gasteiger partial charge in [0.05, 0.1) is 5.56 Å². The molecule has 0 saturated carbocycles. The number of ketones is 2. The number of carbonyl (C=O) groups excluding carboxylic acids is 2. The standard InChI is InChI=1S/C27H19NO3S/c1-28-27-22(25(31)26(32-27)23(29)16-9-3-2-4-10-16)24(30)21-19-13-7-5-11-17(19)15-18-12-6-8-14-20(18)21/h2-15,28,31H,1H3. The number of nitrogens with one attached hydrogen (secondary N) is 1. The fourth-order valence-corrected chi connectivity index (χ4v) is 5.07. The van der Waals surface area contributed by atoms with Crippen molar-refractivity contribution in [2.75, 3.05) is 12.4 Å². The summed E-state index contributed by atoms with van der Waals surface area (Å²) in [4.78, 5) is 27.1. The van der Waals surface area contributed by atoms with Gasteiger partial charge in [0.1, 0.15) is 9.88 Å². The summed E-state index contributed by atoms with van der Waals surface area (Å²) in [5, 5.41) is 18.0. The first-order valence-electron chi connectivity index (χ1n) is 10.2. The first kappa shape index (κ1) is 20.0. The molecule has 0 atom stereocenters. The van der Waals surface area contributed by atoms with Gasteiger partial charge in [-0.25, -0.2) is 0 Å². The molecule has 0 aliphatic carbocycles. The summed E-state index contributed by atoms with van der Waals surface area (Å²) < 4.78 is 0. The van der Waals surface area contributed by atoms with Crippen LogP contribution in [0.1, 0.15) is 31.2 Å². The number of anilines is 1. The Hall–Kier alpha value is -3.96. The number of fused-ring (bicyclic) bond motifs is 2. The van der Waals surface area contributed by atoms with Crippen LogP contribution in [0.5, 0.6) is 5.75 Å². The molecular weight excluding hydrogens is 418 g/mol. The second-order valence-electron chi connectivity index (χ2n) is 7.45. The average molecular weight is 438 g/mol. The zero-order chi connectivity index (χ0) is 22.2. The van der Waals surface area contributed by atoms with Crippen molar-refractivity contribution in [3.8, 4) is 5.75 Å². The number of hydrogen-bond acceptors (Lipinski definition) is 5. The van der Waals surface area contributed by atoms with E-state index in [0.29, 0.717) is 16.1 Å². The number of hydrogen-bond donors (Lipinski definition) is 2. The summed E-state index contributed by atoms with van der Waals surface area (Å²) in [6, 6.07) is 26.2. The molecule has 0 saturated heterocycles. The summed E-state index contributed by atoms with van der Waals surface area (Å²) in [6.45, 7) is 0. The lowest BCUT2D eigenvalue weighted by molar-refractivity contribution is 0.104. The second-order valence-corrected chi connectivity index (χ2v) is 8.47. The third-order valence-corrected chi connectivity index (χ3v) is 6.77. The Balaban J connectivity index is 1.74. The van der Waals surface area contributed by atoms with Crippen LogP contribution in [0.15, 0.2) is 84.9 Å². The minimum absolute atomic E-state index is 0.123. The summed E-state index contributed by atoms with van der Waals surface area (Å²) in [7, 11) is 1.68. The molecule has 0 amide bonds. The minimum Gasteiger partial charge on any atom is -0.505 e. The molecular formula is C27H19NO3S. The molecule has 32 heavy (non-hydrogen) atoms. The summed E-state index contributed by atoms with van der Waals surface area (Å²) in [6.07, 6.45) is 0. The summed E-state index contributed by atoms with van der Waals surface area (Å²) in [5.41, 5.74) is 1.10. The molecule has 5 heteroatoms. The van der Waals surface area contributed by atoms with Gasteiger partial charge in [-0.05, 0) is 27.6 Å². The third kappa shape index (κ3) is 3.15. The summed E-state index contributed by atoms with van der Waals surface area (Å²) in [5.74, 6) is -0.912. The SMILES string of the molecule is CNc1sc(C(=O)c2ccccc2)c(O)c1C(=O)c1c2ccccc2cc2ccccc12. The molecule has 0 aliphatic rings. The summed E-state index contributed by atoms with van der Waals surface area (Å²) >= 11 is 1.09. The molecule has 1 heterocycles. The van der Waals surface area contributed by atoms with Crippen molar-refractivity contribution in [3.63, 3.8) is 0 Å². The van der Waals surface area contributed by atoms with E-state index in [1.54, 1.807) is 31.3 Å². The van der Waals surface area contributed by atoms with Gasteiger partial charge in [0.25, 0.3) is 0 Å². The lowest BCUT2D eigenvalue weighted by Gasteiger charge is -2.11. The first-order valence-corrected chi connectivity index (χ1v) is 11.0. The molecule has 2 N–H and O–H groups in total. The molecule has 0 spiro atoms. The van der Waals surface area contributed by atoms with Crippen molar-refractivity contribution >= 4 is 49.4 Å². The van der Waals surface area contributed by atoms with Crippen LogP contribution in [-0.2, 0) is 0 Å². The molecule has 0 aliphatic heterocycles. The van der Waals surface area contributed by atoms with Gasteiger partial charge in [0, 0.05) is 18.2 Å². The van der Waals surface area contributed by atoms with Crippen LogP contribution >= 0.6 is 11.3 Å². The maximum Gasteiger partial charge on any atom is 0.206 e. The van der Waals surface area contributed by atoms with Crippen LogP contribution in [0.4, 0.5) is 5.00 Å². The van der Waals surface area contributed by atoms with Crippen molar-refractivity contribution in [3.05, 3.63) is 106 Å². The number of carbonyl (C=O) groups is 2. The molecule has 5 aromatic rings. The van der Waals surface area contributed by atoms with Crippen LogP contribution in [0.3, 0.4) is 0 Å². The van der Waals surface area contributed by atoms with Crippen LogP contribution in [0.25, 0.3) is 21.5 Å². The van der Waals surface area contributed by atoms with E-state index in [-0.39, 0.29) is 27.8 Å². The maximum absolute atomic E-state index is 13.9. The van der Waals surface area contributed by atoms with Crippen LogP contribution in [0, 0.1) is 0 Å². The van der Waals surface area contributed by atoms with E-state index >= 15 is 0 Å². The fraction of sp³-hybridized carbons (Fsp3) is 0.0370. The van der Waals surface area contributed by atoms with E-state index in [4.69, 9.17) is 0 Å². The van der Waals surface area contributed by atoms with E-state index in [0.717, 1.165) is 32.9 Å². The first-order chi connectivity index (χ1) is 15.6. The van der Waals surface area contributed by atoms with E-state index < -0.39 is 0 Å². The van der Waals surface area contributed by atoms with Gasteiger partial charge in [-0.3, -0.25) is 9.59 Å². The van der Waals surface area contributed by atoms with Gasteiger partial charge in [-0.1, -0.05) is 78.9 Å². The van der Waals surface area contributed by atoms with Gasteiger partial charge in [-0.15, -0.1) is 11.3 Å². The van der Waals surface area contributed by atoms with Crippen molar-refractivity contribution in [2.24, 2.45) is 0 Å². The monoisotopic (exact) mass is 437 g/mol. The topological polar surface area (TPSA) is 66.4 Å². The Morgan fingerprint density at radius 1 is 0.750 bits per heavy atom. The Bertz CT molecular complexity index is 1450. The molecule has 0 unspecified atom stereocenters. The highest BCUT2D eigenvalue weighted by Crippen LogP contribution is 2.42. The highest BCUT2D eigenvalue weighted by Gasteiger charge is 2.29. The predicted molar refractivity (Wildman–Crippen MR) is 130 cm³/mol. The van der Waals surface area contributed by atoms with Crippen LogP contribution < -0.4 is 5.32 Å². The molecule has 0 fully saturated rings. The molecule has 156 valence electrons. The molecule has 5 rings (SSSR count). The zero-order valence-electron chi connectivity index (χ0n) is 17.3. The number of aromatic hydroxyl groups is 1. The number of benzene rings is 4. The molecule has 0 bridgehead atoms. The second kappa shape index (κ2) is 7.94. The average Bonchev–Trinajstić information content (AvgIpc) is 3.18. The van der Waals surface area contributed by atoms with Crippen molar-refractivity contribution < 1.29 is 14.7 Å². The van der Waals surface area contributed by atoms with E-state index in [1.807, 2.05) is 54.6 Å². The largest absolute Gasteiger partial charge is 0.505 e. The van der Waals surface area contributed by atoms with E-state index in [1.165, 1.54) is 0 Å². The quantitative estimate of drug-likeness (QED) is 0.251. The molecule has 4 aromatic carbocycles.